The van der Waals surface area contributed by atoms with E-state index in [0.29, 0.717) is 31.3 Å². The number of benzene rings is 2. The minimum Gasteiger partial charge on any atom is -0.298 e. The quantitative estimate of drug-likeness (QED) is 0.514. The summed E-state index contributed by atoms with van der Waals surface area (Å²) in [5, 5.41) is 4.31. The van der Waals surface area contributed by atoms with Crippen LogP contribution < -0.4 is 5.32 Å². The van der Waals surface area contributed by atoms with E-state index in [2.05, 4.69) is 26.2 Å². The lowest BCUT2D eigenvalue weighted by Gasteiger charge is -2.04. The molecule has 3 nitrogen and oxygen atoms in total. The number of rotatable bonds is 2. The second kappa shape index (κ2) is 6.34. The number of anilines is 1. The highest BCUT2D eigenvalue weighted by Crippen LogP contribution is 2.35. The molecule has 0 aliphatic carbocycles. The number of thiazole rings is 1. The van der Waals surface area contributed by atoms with E-state index in [1.54, 1.807) is 24.3 Å². The van der Waals surface area contributed by atoms with Gasteiger partial charge in [0.1, 0.15) is 5.52 Å². The molecule has 3 aromatic rings. The van der Waals surface area contributed by atoms with Crippen LogP contribution in [0.5, 0.6) is 0 Å². The third-order valence-electron chi connectivity index (χ3n) is 2.85. The largest absolute Gasteiger partial charge is 0.298 e. The van der Waals surface area contributed by atoms with Crippen molar-refractivity contribution in [2.45, 2.75) is 0 Å². The van der Waals surface area contributed by atoms with E-state index >= 15 is 0 Å². The number of carbonyl (C=O) groups excluding carboxylic acids is 1. The van der Waals surface area contributed by atoms with Gasteiger partial charge in [-0.1, -0.05) is 62.1 Å². The van der Waals surface area contributed by atoms with Crippen molar-refractivity contribution in [2.24, 2.45) is 0 Å². The molecule has 0 saturated heterocycles. The molecule has 0 aliphatic rings. The van der Waals surface area contributed by atoms with Crippen LogP contribution in [0.1, 0.15) is 10.4 Å². The summed E-state index contributed by atoms with van der Waals surface area (Å²) in [7, 11) is 0. The molecule has 0 unspecified atom stereocenters. The summed E-state index contributed by atoms with van der Waals surface area (Å²) in [4.78, 5) is 16.6. The fourth-order valence-electron chi connectivity index (χ4n) is 1.83. The van der Waals surface area contributed by atoms with Crippen LogP contribution in [-0.2, 0) is 0 Å². The maximum Gasteiger partial charge on any atom is 0.258 e. The topological polar surface area (TPSA) is 42.0 Å². The van der Waals surface area contributed by atoms with Crippen molar-refractivity contribution in [3.05, 3.63) is 55.4 Å². The second-order valence-electron chi connectivity index (χ2n) is 4.31. The van der Waals surface area contributed by atoms with Gasteiger partial charge in [0, 0.05) is 4.47 Å². The lowest BCUT2D eigenvalue weighted by atomic mass is 10.2. The number of carbonyl (C=O) groups is 1. The Labute approximate surface area is 153 Å². The van der Waals surface area contributed by atoms with E-state index < -0.39 is 0 Å². The van der Waals surface area contributed by atoms with Crippen molar-refractivity contribution < 1.29 is 4.79 Å². The number of hydrogen-bond acceptors (Lipinski definition) is 3. The molecule has 1 heterocycles. The van der Waals surface area contributed by atoms with Crippen LogP contribution in [0.15, 0.2) is 34.8 Å². The van der Waals surface area contributed by atoms with Gasteiger partial charge in [0.15, 0.2) is 5.13 Å². The lowest BCUT2D eigenvalue weighted by molar-refractivity contribution is 0.102. The van der Waals surface area contributed by atoms with Crippen LogP contribution in [0, 0.1) is 0 Å². The van der Waals surface area contributed by atoms with Gasteiger partial charge in [-0.25, -0.2) is 4.98 Å². The van der Waals surface area contributed by atoms with Crippen LogP contribution in [0.25, 0.3) is 10.2 Å². The fraction of sp³-hybridized carbons (Fsp3) is 0. The van der Waals surface area contributed by atoms with Gasteiger partial charge in [-0.3, -0.25) is 10.1 Å². The number of hydrogen-bond donors (Lipinski definition) is 1. The summed E-state index contributed by atoms with van der Waals surface area (Å²) in [6.07, 6.45) is 0. The maximum atomic E-state index is 12.3. The first-order valence-corrected chi connectivity index (χ1v) is 8.71. The normalized spacial score (nSPS) is 10.9. The van der Waals surface area contributed by atoms with Gasteiger partial charge in [0.25, 0.3) is 5.91 Å². The predicted octanol–water partition coefficient (Wildman–Crippen LogP) is 6.27. The van der Waals surface area contributed by atoms with Crippen molar-refractivity contribution in [3.63, 3.8) is 0 Å². The number of amides is 1. The van der Waals surface area contributed by atoms with E-state index in [0.717, 1.165) is 9.17 Å². The summed E-state index contributed by atoms with van der Waals surface area (Å²) in [6, 6.07) is 8.56. The first-order chi connectivity index (χ1) is 10.5. The highest BCUT2D eigenvalue weighted by Gasteiger charge is 2.15. The second-order valence-corrected chi connectivity index (χ2v) is 7.44. The number of fused-ring (bicyclic) bond motifs is 1. The SMILES string of the molecule is O=C(Nc1nc2c(Cl)c(Cl)ccc2s1)c1cc(Br)ccc1Cl. The van der Waals surface area contributed by atoms with Crippen molar-refractivity contribution in [1.82, 2.24) is 4.98 Å². The monoisotopic (exact) mass is 434 g/mol. The number of nitrogens with zero attached hydrogens (tertiary/aromatic N) is 1. The minimum atomic E-state index is -0.340. The van der Waals surface area contributed by atoms with Crippen LogP contribution in [0.2, 0.25) is 15.1 Å². The highest BCUT2D eigenvalue weighted by atomic mass is 79.9. The Hall–Kier alpha value is -0.850. The molecule has 22 heavy (non-hydrogen) atoms. The summed E-state index contributed by atoms with van der Waals surface area (Å²) in [5.74, 6) is -0.340. The zero-order chi connectivity index (χ0) is 15.9. The average molecular weight is 437 g/mol. The first-order valence-electron chi connectivity index (χ1n) is 5.96. The van der Waals surface area contributed by atoms with Crippen LogP contribution >= 0.6 is 62.1 Å². The molecule has 0 aliphatic heterocycles. The molecule has 8 heteroatoms. The Bertz CT molecular complexity index is 897. The van der Waals surface area contributed by atoms with Crippen molar-refractivity contribution in [3.8, 4) is 0 Å². The van der Waals surface area contributed by atoms with E-state index in [1.807, 2.05) is 6.07 Å². The summed E-state index contributed by atoms with van der Waals surface area (Å²) >= 11 is 22.7. The molecular formula is C14H6BrCl3N2OS. The minimum absolute atomic E-state index is 0.340. The third-order valence-corrected chi connectivity index (χ3v) is 5.40. The van der Waals surface area contributed by atoms with Gasteiger partial charge in [0.05, 0.1) is 25.3 Å². The van der Waals surface area contributed by atoms with Crippen molar-refractivity contribution >= 4 is 83.3 Å². The van der Waals surface area contributed by atoms with E-state index in [1.165, 1.54) is 11.3 Å². The zero-order valence-corrected chi connectivity index (χ0v) is 15.3. The van der Waals surface area contributed by atoms with Crippen molar-refractivity contribution in [2.75, 3.05) is 5.32 Å². The Balaban J connectivity index is 1.94. The molecule has 1 amide bonds. The molecule has 0 fully saturated rings. The Morgan fingerprint density at radius 3 is 2.64 bits per heavy atom. The van der Waals surface area contributed by atoms with Gasteiger partial charge in [-0.2, -0.15) is 0 Å². The average Bonchev–Trinajstić information content (AvgIpc) is 2.89. The summed E-state index contributed by atoms with van der Waals surface area (Å²) in [6.45, 7) is 0. The molecule has 2 aromatic carbocycles. The number of nitrogens with one attached hydrogen (secondary N) is 1. The van der Waals surface area contributed by atoms with E-state index in [-0.39, 0.29) is 5.91 Å². The Morgan fingerprint density at radius 1 is 1.14 bits per heavy atom. The highest BCUT2D eigenvalue weighted by molar-refractivity contribution is 9.10. The third kappa shape index (κ3) is 3.09. The maximum absolute atomic E-state index is 12.3. The fourth-order valence-corrected chi connectivity index (χ4v) is 3.68. The predicted molar refractivity (Wildman–Crippen MR) is 96.7 cm³/mol. The van der Waals surface area contributed by atoms with Gasteiger partial charge in [-0.05, 0) is 30.3 Å². The molecule has 1 aromatic heterocycles. The number of aromatic nitrogens is 1. The Kier molecular flexibility index (Phi) is 4.61. The molecule has 0 bridgehead atoms. The summed E-state index contributed by atoms with van der Waals surface area (Å²) in [5.41, 5.74) is 0.925. The van der Waals surface area contributed by atoms with E-state index in [4.69, 9.17) is 34.8 Å². The molecule has 112 valence electrons. The van der Waals surface area contributed by atoms with E-state index in [9.17, 15) is 4.79 Å². The van der Waals surface area contributed by atoms with Gasteiger partial charge in [0.2, 0.25) is 0 Å². The van der Waals surface area contributed by atoms with Gasteiger partial charge in [-0.15, -0.1) is 0 Å². The molecule has 0 spiro atoms. The van der Waals surface area contributed by atoms with Crippen LogP contribution in [0.3, 0.4) is 0 Å². The standard InChI is InChI=1S/C14H6BrCl3N2OS/c15-6-1-2-8(16)7(5-6)13(21)20-14-19-12-10(22-14)4-3-9(17)11(12)18/h1-5H,(H,19,20,21). The molecule has 3 rings (SSSR count). The van der Waals surface area contributed by atoms with Crippen LogP contribution in [-0.4, -0.2) is 10.9 Å². The number of halogens is 4. The molecular weight excluding hydrogens is 430 g/mol. The zero-order valence-electron chi connectivity index (χ0n) is 10.7. The molecule has 0 saturated carbocycles. The van der Waals surface area contributed by atoms with Gasteiger partial charge < -0.3 is 0 Å². The smallest absolute Gasteiger partial charge is 0.258 e. The van der Waals surface area contributed by atoms with Gasteiger partial charge >= 0.3 is 0 Å². The molecule has 0 atom stereocenters. The molecule has 1 N–H and O–H groups in total. The summed E-state index contributed by atoms with van der Waals surface area (Å²) < 4.78 is 1.60. The first kappa shape index (κ1) is 16.0. The van der Waals surface area contributed by atoms with Crippen molar-refractivity contribution in [1.29, 1.82) is 0 Å². The Morgan fingerprint density at radius 2 is 1.86 bits per heavy atom. The van der Waals surface area contributed by atoms with Crippen LogP contribution in [0.4, 0.5) is 5.13 Å². The molecule has 0 radical (unpaired) electrons. The lowest BCUT2D eigenvalue weighted by Crippen LogP contribution is -2.12.